The lowest BCUT2D eigenvalue weighted by Gasteiger charge is -2.06. The second-order valence-corrected chi connectivity index (χ2v) is 5.71. The number of rotatable bonds is 3. The van der Waals surface area contributed by atoms with Gasteiger partial charge in [0.15, 0.2) is 11.6 Å². The molecule has 2 aromatic carbocycles. The second-order valence-electron chi connectivity index (χ2n) is 4.15. The maximum absolute atomic E-state index is 13.0. The van der Waals surface area contributed by atoms with Gasteiger partial charge in [-0.15, -0.1) is 0 Å². The fraction of sp³-hybridized carbons (Fsp3) is 0. The Morgan fingerprint density at radius 2 is 1.62 bits per heavy atom. The van der Waals surface area contributed by atoms with Crippen molar-refractivity contribution in [2.24, 2.45) is 5.14 Å². The van der Waals surface area contributed by atoms with Gasteiger partial charge < -0.3 is 5.32 Å². The quantitative estimate of drug-likeness (QED) is 0.906. The van der Waals surface area contributed by atoms with E-state index in [1.54, 1.807) is 0 Å². The molecule has 0 saturated heterocycles. The van der Waals surface area contributed by atoms with Crippen LogP contribution in [0.15, 0.2) is 47.4 Å². The molecular formula is C13H10F2N2O3S. The molecular weight excluding hydrogens is 302 g/mol. The highest BCUT2D eigenvalue weighted by Crippen LogP contribution is 2.15. The average Bonchev–Trinajstić information content (AvgIpc) is 2.42. The Morgan fingerprint density at radius 3 is 2.14 bits per heavy atom. The molecule has 0 heterocycles. The summed E-state index contributed by atoms with van der Waals surface area (Å²) in [4.78, 5) is 11.7. The minimum absolute atomic E-state index is 0.0782. The molecule has 1 amide bonds. The van der Waals surface area contributed by atoms with E-state index in [2.05, 4.69) is 5.32 Å². The largest absolute Gasteiger partial charge is 0.322 e. The van der Waals surface area contributed by atoms with Crippen molar-refractivity contribution in [3.63, 3.8) is 0 Å². The van der Waals surface area contributed by atoms with E-state index in [9.17, 15) is 22.0 Å². The first-order valence-corrected chi connectivity index (χ1v) is 7.21. The van der Waals surface area contributed by atoms with Crippen LogP contribution in [0.4, 0.5) is 14.5 Å². The number of halogens is 2. The Bertz CT molecular complexity index is 790. The van der Waals surface area contributed by atoms with E-state index < -0.39 is 27.6 Å². The molecule has 0 aliphatic rings. The number of carbonyl (C=O) groups excluding carboxylic acids is 1. The second kappa shape index (κ2) is 5.58. The van der Waals surface area contributed by atoms with Gasteiger partial charge in [-0.2, -0.15) is 0 Å². The van der Waals surface area contributed by atoms with Gasteiger partial charge in [0.05, 0.1) is 4.90 Å². The van der Waals surface area contributed by atoms with E-state index in [-0.39, 0.29) is 16.1 Å². The molecule has 0 radical (unpaired) electrons. The monoisotopic (exact) mass is 312 g/mol. The number of hydrogen-bond donors (Lipinski definition) is 2. The third-order valence-corrected chi connectivity index (χ3v) is 3.55. The zero-order chi connectivity index (χ0) is 15.6. The first kappa shape index (κ1) is 15.1. The Labute approximate surface area is 119 Å². The Balaban J connectivity index is 2.18. The number of primary sulfonamides is 1. The first-order chi connectivity index (χ1) is 9.77. The van der Waals surface area contributed by atoms with Crippen molar-refractivity contribution in [2.45, 2.75) is 4.90 Å². The lowest BCUT2D eigenvalue weighted by Crippen LogP contribution is -2.14. The van der Waals surface area contributed by atoms with Crippen LogP contribution < -0.4 is 10.5 Å². The van der Waals surface area contributed by atoms with Crippen molar-refractivity contribution >= 4 is 21.6 Å². The SMILES string of the molecule is NS(=O)(=O)c1ccc(C(=O)Nc2ccc(F)c(F)c2)cc1. The zero-order valence-corrected chi connectivity index (χ0v) is 11.3. The summed E-state index contributed by atoms with van der Waals surface area (Å²) in [5.41, 5.74) is 0.224. The van der Waals surface area contributed by atoms with Crippen LogP contribution in [0.3, 0.4) is 0 Å². The van der Waals surface area contributed by atoms with Crippen LogP contribution in [0.1, 0.15) is 10.4 Å². The Hall–Kier alpha value is -2.32. The Morgan fingerprint density at radius 1 is 1.00 bits per heavy atom. The van der Waals surface area contributed by atoms with Gasteiger partial charge in [-0.3, -0.25) is 4.79 Å². The summed E-state index contributed by atoms with van der Waals surface area (Å²) < 4.78 is 47.9. The van der Waals surface area contributed by atoms with Gasteiger partial charge in [0.25, 0.3) is 5.91 Å². The molecule has 0 saturated carbocycles. The molecule has 21 heavy (non-hydrogen) atoms. The number of hydrogen-bond acceptors (Lipinski definition) is 3. The van der Waals surface area contributed by atoms with Crippen LogP contribution in [0.5, 0.6) is 0 Å². The predicted molar refractivity (Wildman–Crippen MR) is 72.1 cm³/mol. The third kappa shape index (κ3) is 3.61. The minimum atomic E-state index is -3.84. The summed E-state index contributed by atoms with van der Waals surface area (Å²) in [5.74, 6) is -2.70. The topological polar surface area (TPSA) is 89.3 Å². The molecule has 2 aromatic rings. The lowest BCUT2D eigenvalue weighted by atomic mass is 10.2. The standard InChI is InChI=1S/C13H10F2N2O3S/c14-11-6-3-9(7-12(11)15)17-13(18)8-1-4-10(5-2-8)21(16,19)20/h1-7H,(H,17,18)(H2,16,19,20). The van der Waals surface area contributed by atoms with Crippen LogP contribution in [-0.4, -0.2) is 14.3 Å². The van der Waals surface area contributed by atoms with Gasteiger partial charge in [0, 0.05) is 17.3 Å². The molecule has 0 aliphatic carbocycles. The van der Waals surface area contributed by atoms with Gasteiger partial charge in [-0.1, -0.05) is 0 Å². The van der Waals surface area contributed by atoms with Crippen molar-refractivity contribution in [3.8, 4) is 0 Å². The highest BCUT2D eigenvalue weighted by molar-refractivity contribution is 7.89. The fourth-order valence-electron chi connectivity index (χ4n) is 1.57. The summed E-state index contributed by atoms with van der Waals surface area (Å²) in [7, 11) is -3.84. The average molecular weight is 312 g/mol. The molecule has 0 unspecified atom stereocenters. The molecule has 8 heteroatoms. The highest BCUT2D eigenvalue weighted by Gasteiger charge is 2.11. The van der Waals surface area contributed by atoms with E-state index in [4.69, 9.17) is 5.14 Å². The van der Waals surface area contributed by atoms with E-state index in [0.717, 1.165) is 12.1 Å². The number of benzene rings is 2. The van der Waals surface area contributed by atoms with Gasteiger partial charge in [-0.25, -0.2) is 22.3 Å². The van der Waals surface area contributed by atoms with Gasteiger partial charge in [0.1, 0.15) is 0 Å². The minimum Gasteiger partial charge on any atom is -0.322 e. The Kier molecular flexibility index (Phi) is 4.01. The third-order valence-electron chi connectivity index (χ3n) is 2.62. The predicted octanol–water partition coefficient (Wildman–Crippen LogP) is 1.86. The van der Waals surface area contributed by atoms with Crippen molar-refractivity contribution in [2.75, 3.05) is 5.32 Å². The maximum atomic E-state index is 13.0. The number of sulfonamides is 1. The summed E-state index contributed by atoms with van der Waals surface area (Å²) >= 11 is 0. The van der Waals surface area contributed by atoms with Crippen molar-refractivity contribution in [1.82, 2.24) is 0 Å². The van der Waals surface area contributed by atoms with Crippen LogP contribution >= 0.6 is 0 Å². The van der Waals surface area contributed by atoms with E-state index >= 15 is 0 Å². The van der Waals surface area contributed by atoms with Crippen molar-refractivity contribution in [1.29, 1.82) is 0 Å². The number of anilines is 1. The smallest absolute Gasteiger partial charge is 0.255 e. The molecule has 0 aromatic heterocycles. The summed E-state index contributed by atoms with van der Waals surface area (Å²) in [6, 6.07) is 7.80. The van der Waals surface area contributed by atoms with Crippen LogP contribution in [0, 0.1) is 11.6 Å². The number of nitrogens with two attached hydrogens (primary N) is 1. The molecule has 0 spiro atoms. The highest BCUT2D eigenvalue weighted by atomic mass is 32.2. The molecule has 3 N–H and O–H groups in total. The molecule has 2 rings (SSSR count). The number of carbonyl (C=O) groups is 1. The number of nitrogens with one attached hydrogen (secondary N) is 1. The van der Waals surface area contributed by atoms with E-state index in [0.29, 0.717) is 0 Å². The van der Waals surface area contributed by atoms with E-state index in [1.807, 2.05) is 0 Å². The normalized spacial score (nSPS) is 11.2. The molecule has 0 aliphatic heterocycles. The summed E-state index contributed by atoms with van der Waals surface area (Å²) in [5, 5.41) is 7.29. The van der Waals surface area contributed by atoms with Gasteiger partial charge in [-0.05, 0) is 36.4 Å². The first-order valence-electron chi connectivity index (χ1n) is 5.66. The summed E-state index contributed by atoms with van der Waals surface area (Å²) in [6.07, 6.45) is 0. The van der Waals surface area contributed by atoms with Crippen LogP contribution in [0.25, 0.3) is 0 Å². The molecule has 0 bridgehead atoms. The lowest BCUT2D eigenvalue weighted by molar-refractivity contribution is 0.102. The fourth-order valence-corrected chi connectivity index (χ4v) is 2.09. The maximum Gasteiger partial charge on any atom is 0.255 e. The van der Waals surface area contributed by atoms with Gasteiger partial charge >= 0.3 is 0 Å². The van der Waals surface area contributed by atoms with Crippen LogP contribution in [-0.2, 0) is 10.0 Å². The molecule has 110 valence electrons. The van der Waals surface area contributed by atoms with Crippen molar-refractivity contribution in [3.05, 3.63) is 59.7 Å². The molecule has 5 nitrogen and oxygen atoms in total. The zero-order valence-electron chi connectivity index (χ0n) is 10.5. The molecule has 0 atom stereocenters. The summed E-state index contributed by atoms with van der Waals surface area (Å²) in [6.45, 7) is 0. The van der Waals surface area contributed by atoms with Crippen LogP contribution in [0.2, 0.25) is 0 Å². The van der Waals surface area contributed by atoms with E-state index in [1.165, 1.54) is 30.3 Å². The van der Waals surface area contributed by atoms with Gasteiger partial charge in [0.2, 0.25) is 10.0 Å². The van der Waals surface area contributed by atoms with Crippen molar-refractivity contribution < 1.29 is 22.0 Å². The molecule has 0 fully saturated rings. The number of amides is 1.